The molecule has 0 N–H and O–H groups in total. The van der Waals surface area contributed by atoms with E-state index in [1.54, 1.807) is 18.3 Å². The van der Waals surface area contributed by atoms with Gasteiger partial charge in [0.2, 0.25) is 5.91 Å². The predicted octanol–water partition coefficient (Wildman–Crippen LogP) is 6.13. The van der Waals surface area contributed by atoms with E-state index in [1.807, 2.05) is 4.90 Å². The first-order chi connectivity index (χ1) is 13.8. The number of carbonyl (C=O) groups excluding carboxylic acids is 1. The second kappa shape index (κ2) is 9.44. The normalized spacial score (nSPS) is 23.2. The summed E-state index contributed by atoms with van der Waals surface area (Å²) in [4.78, 5) is 15.8. The first kappa shape index (κ1) is 22.0. The summed E-state index contributed by atoms with van der Waals surface area (Å²) in [5.74, 6) is 0.645. The molecule has 3 rings (SSSR count). The van der Waals surface area contributed by atoms with Gasteiger partial charge in [-0.25, -0.2) is 0 Å². The van der Waals surface area contributed by atoms with E-state index >= 15 is 0 Å². The third kappa shape index (κ3) is 5.10. The molecule has 2 aromatic rings. The largest absolute Gasteiger partial charge is 0.378 e. The summed E-state index contributed by atoms with van der Waals surface area (Å²) in [5, 5.41) is 2.09. The molecule has 29 heavy (non-hydrogen) atoms. The smallest absolute Gasteiger partial charge is 0.219 e. The van der Waals surface area contributed by atoms with Gasteiger partial charge in [-0.05, 0) is 56.0 Å². The van der Waals surface area contributed by atoms with Crippen molar-refractivity contribution in [1.82, 2.24) is 4.90 Å². The summed E-state index contributed by atoms with van der Waals surface area (Å²) in [6, 6.07) is 13.3. The highest BCUT2D eigenvalue weighted by Gasteiger charge is 2.40. The van der Waals surface area contributed by atoms with Crippen LogP contribution in [-0.4, -0.2) is 30.1 Å². The SMILES string of the molecule is CC(=O)N(CCC1(c2ccc(C)cc2)CCOC(C(C)C)C1)C(C)c1cccs1. The zero-order valence-corrected chi connectivity index (χ0v) is 19.3. The van der Waals surface area contributed by atoms with Gasteiger partial charge < -0.3 is 9.64 Å². The second-order valence-electron chi connectivity index (χ2n) is 8.91. The van der Waals surface area contributed by atoms with E-state index in [1.165, 1.54) is 16.0 Å². The molecular weight excluding hydrogens is 378 g/mol. The fraction of sp³-hybridized carbons (Fsp3) is 0.560. The van der Waals surface area contributed by atoms with E-state index in [2.05, 4.69) is 69.5 Å². The number of aryl methyl sites for hydroxylation is 1. The molecule has 1 aliphatic rings. The fourth-order valence-corrected chi connectivity index (χ4v) is 5.36. The molecule has 0 saturated carbocycles. The minimum atomic E-state index is 0.0593. The van der Waals surface area contributed by atoms with E-state index in [9.17, 15) is 4.79 Å². The molecule has 1 aromatic heterocycles. The van der Waals surface area contributed by atoms with Crippen molar-refractivity contribution >= 4 is 17.2 Å². The van der Waals surface area contributed by atoms with Crippen LogP contribution in [0, 0.1) is 12.8 Å². The second-order valence-corrected chi connectivity index (χ2v) is 9.89. The first-order valence-corrected chi connectivity index (χ1v) is 11.7. The number of nitrogens with zero attached hydrogens (tertiary/aromatic N) is 1. The van der Waals surface area contributed by atoms with Crippen LogP contribution in [0.25, 0.3) is 0 Å². The molecule has 158 valence electrons. The van der Waals surface area contributed by atoms with Gasteiger partial charge in [0, 0.05) is 30.4 Å². The van der Waals surface area contributed by atoms with Crippen molar-refractivity contribution in [2.75, 3.05) is 13.2 Å². The van der Waals surface area contributed by atoms with Gasteiger partial charge in [0.15, 0.2) is 0 Å². The Morgan fingerprint density at radius 3 is 2.55 bits per heavy atom. The molecule has 2 heterocycles. The molecule has 1 fully saturated rings. The lowest BCUT2D eigenvalue weighted by Gasteiger charge is -2.44. The minimum absolute atomic E-state index is 0.0593. The lowest BCUT2D eigenvalue weighted by atomic mass is 9.68. The molecule has 0 bridgehead atoms. The fourth-order valence-electron chi connectivity index (χ4n) is 4.56. The van der Waals surface area contributed by atoms with Crippen molar-refractivity contribution in [3.8, 4) is 0 Å². The molecule has 0 radical (unpaired) electrons. The zero-order valence-electron chi connectivity index (χ0n) is 18.5. The highest BCUT2D eigenvalue weighted by atomic mass is 32.1. The predicted molar refractivity (Wildman–Crippen MR) is 121 cm³/mol. The topological polar surface area (TPSA) is 29.5 Å². The van der Waals surface area contributed by atoms with Gasteiger partial charge in [-0.3, -0.25) is 4.79 Å². The highest BCUT2D eigenvalue weighted by molar-refractivity contribution is 7.10. The number of thiophene rings is 1. The van der Waals surface area contributed by atoms with Gasteiger partial charge in [0.05, 0.1) is 12.1 Å². The monoisotopic (exact) mass is 413 g/mol. The van der Waals surface area contributed by atoms with E-state index in [0.29, 0.717) is 5.92 Å². The average molecular weight is 414 g/mol. The molecule has 0 spiro atoms. The molecule has 3 atom stereocenters. The molecule has 1 aromatic carbocycles. The summed E-state index contributed by atoms with van der Waals surface area (Å²) < 4.78 is 6.12. The first-order valence-electron chi connectivity index (χ1n) is 10.8. The summed E-state index contributed by atoms with van der Waals surface area (Å²) in [7, 11) is 0. The number of ether oxygens (including phenoxy) is 1. The van der Waals surface area contributed by atoms with Crippen LogP contribution in [0.15, 0.2) is 41.8 Å². The van der Waals surface area contributed by atoms with Gasteiger partial charge in [-0.15, -0.1) is 11.3 Å². The van der Waals surface area contributed by atoms with Crippen LogP contribution in [0.1, 0.15) is 69.0 Å². The Morgan fingerprint density at radius 1 is 1.24 bits per heavy atom. The van der Waals surface area contributed by atoms with Gasteiger partial charge in [-0.1, -0.05) is 49.7 Å². The lowest BCUT2D eigenvalue weighted by molar-refractivity contribution is -0.131. The van der Waals surface area contributed by atoms with E-state index in [4.69, 9.17) is 4.74 Å². The maximum Gasteiger partial charge on any atom is 0.219 e. The van der Waals surface area contributed by atoms with Crippen molar-refractivity contribution in [2.24, 2.45) is 5.92 Å². The third-order valence-electron chi connectivity index (χ3n) is 6.57. The van der Waals surface area contributed by atoms with Crippen LogP contribution in [-0.2, 0) is 14.9 Å². The molecule has 1 amide bonds. The summed E-state index contributed by atoms with van der Waals surface area (Å²) in [5.41, 5.74) is 2.74. The summed E-state index contributed by atoms with van der Waals surface area (Å²) >= 11 is 1.73. The number of hydrogen-bond acceptors (Lipinski definition) is 3. The van der Waals surface area contributed by atoms with E-state index in [0.717, 1.165) is 32.4 Å². The quantitative estimate of drug-likeness (QED) is 0.546. The lowest BCUT2D eigenvalue weighted by Crippen LogP contribution is -2.44. The van der Waals surface area contributed by atoms with Gasteiger partial charge in [0.1, 0.15) is 0 Å². The van der Waals surface area contributed by atoms with Gasteiger partial charge >= 0.3 is 0 Å². The van der Waals surface area contributed by atoms with Crippen molar-refractivity contribution in [1.29, 1.82) is 0 Å². The summed E-state index contributed by atoms with van der Waals surface area (Å²) in [6.45, 7) is 12.0. The number of amides is 1. The minimum Gasteiger partial charge on any atom is -0.378 e. The Kier molecular flexibility index (Phi) is 7.18. The van der Waals surface area contributed by atoms with Crippen LogP contribution in [0.4, 0.5) is 0 Å². The van der Waals surface area contributed by atoms with Crippen LogP contribution in [0.3, 0.4) is 0 Å². The van der Waals surface area contributed by atoms with Gasteiger partial charge in [-0.2, -0.15) is 0 Å². The van der Waals surface area contributed by atoms with E-state index in [-0.39, 0.29) is 23.5 Å². The van der Waals surface area contributed by atoms with Crippen molar-refractivity contribution < 1.29 is 9.53 Å². The highest BCUT2D eigenvalue weighted by Crippen LogP contribution is 2.42. The standard InChI is InChI=1S/C25H35NO2S/c1-18(2)23-17-25(13-15-28-23,22-10-8-19(3)9-11-22)12-14-26(21(5)27)20(4)24-7-6-16-29-24/h6-11,16,18,20,23H,12-15,17H2,1-5H3. The van der Waals surface area contributed by atoms with Crippen molar-refractivity contribution in [3.05, 3.63) is 57.8 Å². The Bertz CT molecular complexity index is 784. The number of benzene rings is 1. The Hall–Kier alpha value is -1.65. The molecule has 3 nitrogen and oxygen atoms in total. The summed E-state index contributed by atoms with van der Waals surface area (Å²) in [6.07, 6.45) is 3.27. The van der Waals surface area contributed by atoms with Crippen LogP contribution in [0.5, 0.6) is 0 Å². The number of rotatable bonds is 7. The molecular formula is C25H35NO2S. The number of hydrogen-bond donors (Lipinski definition) is 0. The van der Waals surface area contributed by atoms with Crippen molar-refractivity contribution in [2.45, 2.75) is 71.4 Å². The number of carbonyl (C=O) groups is 1. The Morgan fingerprint density at radius 2 is 1.97 bits per heavy atom. The van der Waals surface area contributed by atoms with Crippen LogP contribution in [0.2, 0.25) is 0 Å². The maximum atomic E-state index is 12.5. The Balaban J connectivity index is 1.86. The van der Waals surface area contributed by atoms with Gasteiger partial charge in [0.25, 0.3) is 0 Å². The third-order valence-corrected chi connectivity index (χ3v) is 7.61. The molecule has 3 unspecified atom stereocenters. The van der Waals surface area contributed by atoms with Crippen LogP contribution >= 0.6 is 11.3 Å². The molecule has 0 aliphatic carbocycles. The van der Waals surface area contributed by atoms with Crippen LogP contribution < -0.4 is 0 Å². The average Bonchev–Trinajstić information content (AvgIpc) is 3.23. The zero-order chi connectivity index (χ0) is 21.0. The van der Waals surface area contributed by atoms with Crippen molar-refractivity contribution in [3.63, 3.8) is 0 Å². The molecule has 1 aliphatic heterocycles. The van der Waals surface area contributed by atoms with E-state index < -0.39 is 0 Å². The maximum absolute atomic E-state index is 12.5. The molecule has 1 saturated heterocycles. The Labute approximate surface area is 180 Å². The molecule has 4 heteroatoms.